The summed E-state index contributed by atoms with van der Waals surface area (Å²) in [5.41, 5.74) is -0.334. The standard InChI is InChI=1S/C22H31N3O5/c1-2-3-18-23-19(30-24-18)12-29-20(27)17-7-16(26)11-25(17)21(28)22-8-13-4-14(9-22)6-15(5-13)10-22/h13-17,26H,2-12H2,1H3/t13?,14?,15?,16?,17-,22?/m0/s1. The third kappa shape index (κ3) is 3.53. The van der Waals surface area contributed by atoms with Crippen LogP contribution in [0.1, 0.15) is 70.0 Å². The van der Waals surface area contributed by atoms with Crippen LogP contribution in [0.2, 0.25) is 0 Å². The molecule has 30 heavy (non-hydrogen) atoms. The Morgan fingerprint density at radius 3 is 2.47 bits per heavy atom. The Hall–Kier alpha value is -1.96. The molecule has 5 aliphatic rings. The third-order valence-electron chi connectivity index (χ3n) is 7.63. The number of esters is 1. The number of ether oxygens (including phenoxy) is 1. The summed E-state index contributed by atoms with van der Waals surface area (Å²) in [7, 11) is 0. The lowest BCUT2D eigenvalue weighted by Crippen LogP contribution is -2.56. The van der Waals surface area contributed by atoms with Gasteiger partial charge in [-0.05, 0) is 62.7 Å². The van der Waals surface area contributed by atoms with E-state index in [4.69, 9.17) is 9.26 Å². The molecule has 1 unspecified atom stereocenters. The summed E-state index contributed by atoms with van der Waals surface area (Å²) in [6.07, 6.45) is 7.72. The normalized spacial score (nSPS) is 37.0. The summed E-state index contributed by atoms with van der Waals surface area (Å²) in [6.45, 7) is 2.12. The minimum Gasteiger partial charge on any atom is -0.454 e. The van der Waals surface area contributed by atoms with E-state index in [-0.39, 0.29) is 36.8 Å². The number of aliphatic hydroxyl groups is 1. The van der Waals surface area contributed by atoms with Gasteiger partial charge in [0.2, 0.25) is 5.91 Å². The van der Waals surface area contributed by atoms with Crippen LogP contribution in [0.15, 0.2) is 4.52 Å². The number of nitrogens with zero attached hydrogens (tertiary/aromatic N) is 3. The first kappa shape index (κ1) is 20.0. The highest BCUT2D eigenvalue weighted by atomic mass is 16.6. The van der Waals surface area contributed by atoms with E-state index in [0.29, 0.717) is 30.0 Å². The number of hydrogen-bond acceptors (Lipinski definition) is 7. The topological polar surface area (TPSA) is 106 Å². The molecule has 8 heteroatoms. The Morgan fingerprint density at radius 2 is 1.83 bits per heavy atom. The quantitative estimate of drug-likeness (QED) is 0.708. The van der Waals surface area contributed by atoms with Crippen molar-refractivity contribution in [3.63, 3.8) is 0 Å². The second-order valence-corrected chi connectivity index (χ2v) is 10.0. The van der Waals surface area contributed by atoms with E-state index in [9.17, 15) is 14.7 Å². The van der Waals surface area contributed by atoms with Crippen molar-refractivity contribution < 1.29 is 24.0 Å². The number of β-amino-alcohol motifs (C(OH)–C–C–N with tert-alkyl or cyclic N) is 1. The molecule has 164 valence electrons. The summed E-state index contributed by atoms with van der Waals surface area (Å²) in [4.78, 5) is 32.3. The van der Waals surface area contributed by atoms with Gasteiger partial charge in [-0.3, -0.25) is 4.79 Å². The fraction of sp³-hybridized carbons (Fsp3) is 0.818. The van der Waals surface area contributed by atoms with E-state index in [1.54, 1.807) is 4.90 Å². The average Bonchev–Trinajstić information content (AvgIpc) is 3.31. The van der Waals surface area contributed by atoms with Gasteiger partial charge in [-0.15, -0.1) is 0 Å². The maximum atomic E-state index is 13.7. The van der Waals surface area contributed by atoms with Crippen LogP contribution in [0.5, 0.6) is 0 Å². The average molecular weight is 418 g/mol. The third-order valence-corrected chi connectivity index (χ3v) is 7.63. The summed E-state index contributed by atoms with van der Waals surface area (Å²) >= 11 is 0. The number of aliphatic hydroxyl groups excluding tert-OH is 1. The zero-order valence-corrected chi connectivity index (χ0v) is 17.6. The van der Waals surface area contributed by atoms with Gasteiger partial charge in [-0.25, -0.2) is 4.79 Å². The monoisotopic (exact) mass is 417 g/mol. The molecule has 1 aromatic heterocycles. The Morgan fingerprint density at radius 1 is 1.17 bits per heavy atom. The molecule has 8 nitrogen and oxygen atoms in total. The minimum absolute atomic E-state index is 0.0584. The molecule has 2 atom stereocenters. The zero-order valence-electron chi connectivity index (χ0n) is 17.6. The molecule has 1 aliphatic heterocycles. The van der Waals surface area contributed by atoms with Gasteiger partial charge in [0.1, 0.15) is 6.04 Å². The smallest absolute Gasteiger partial charge is 0.329 e. The first-order chi connectivity index (χ1) is 14.5. The summed E-state index contributed by atoms with van der Waals surface area (Å²) in [5.74, 6) is 2.35. The van der Waals surface area contributed by atoms with Crippen LogP contribution in [-0.2, 0) is 27.4 Å². The second kappa shape index (κ2) is 7.62. The van der Waals surface area contributed by atoms with Crippen LogP contribution in [0.3, 0.4) is 0 Å². The molecular weight excluding hydrogens is 386 g/mol. The molecule has 4 saturated carbocycles. The second-order valence-electron chi connectivity index (χ2n) is 10.0. The summed E-state index contributed by atoms with van der Waals surface area (Å²) in [6, 6.07) is -0.737. The van der Waals surface area contributed by atoms with Gasteiger partial charge >= 0.3 is 5.97 Å². The lowest BCUT2D eigenvalue weighted by atomic mass is 9.49. The Bertz CT molecular complexity index is 786. The molecule has 1 aromatic rings. The van der Waals surface area contributed by atoms with Crippen molar-refractivity contribution in [3.8, 4) is 0 Å². The van der Waals surface area contributed by atoms with Crippen LogP contribution in [0.25, 0.3) is 0 Å². The first-order valence-electron chi connectivity index (χ1n) is 11.4. The predicted molar refractivity (Wildman–Crippen MR) is 105 cm³/mol. The summed E-state index contributed by atoms with van der Waals surface area (Å²) in [5, 5.41) is 14.1. The van der Waals surface area contributed by atoms with Crippen molar-refractivity contribution in [3.05, 3.63) is 11.7 Å². The van der Waals surface area contributed by atoms with Crippen molar-refractivity contribution in [1.29, 1.82) is 0 Å². The Labute approximate surface area is 176 Å². The molecular formula is C22H31N3O5. The van der Waals surface area contributed by atoms with Gasteiger partial charge in [-0.1, -0.05) is 12.1 Å². The van der Waals surface area contributed by atoms with Crippen LogP contribution < -0.4 is 0 Å². The molecule has 0 spiro atoms. The van der Waals surface area contributed by atoms with Crippen molar-refractivity contribution in [2.75, 3.05) is 6.54 Å². The van der Waals surface area contributed by atoms with E-state index >= 15 is 0 Å². The fourth-order valence-electron chi connectivity index (χ4n) is 6.84. The first-order valence-corrected chi connectivity index (χ1v) is 11.4. The lowest BCUT2D eigenvalue weighted by Gasteiger charge is -2.56. The van der Waals surface area contributed by atoms with Crippen molar-refractivity contribution >= 4 is 11.9 Å². The van der Waals surface area contributed by atoms with Crippen LogP contribution in [-0.4, -0.2) is 50.7 Å². The maximum absolute atomic E-state index is 13.7. The molecule has 1 saturated heterocycles. The number of rotatable bonds is 6. The highest BCUT2D eigenvalue weighted by Crippen LogP contribution is 2.60. The number of aromatic nitrogens is 2. The van der Waals surface area contributed by atoms with E-state index in [1.165, 1.54) is 19.3 Å². The van der Waals surface area contributed by atoms with E-state index in [0.717, 1.165) is 25.7 Å². The van der Waals surface area contributed by atoms with Gasteiger partial charge in [0, 0.05) is 19.4 Å². The van der Waals surface area contributed by atoms with Gasteiger partial charge in [0.05, 0.1) is 11.5 Å². The van der Waals surface area contributed by atoms with Crippen molar-refractivity contribution in [2.45, 2.75) is 83.5 Å². The number of aryl methyl sites for hydroxylation is 1. The Balaban J connectivity index is 1.26. The molecule has 6 rings (SSSR count). The lowest BCUT2D eigenvalue weighted by molar-refractivity contribution is -0.166. The number of carbonyl (C=O) groups excluding carboxylic acids is 2. The minimum atomic E-state index is -0.737. The van der Waals surface area contributed by atoms with E-state index < -0.39 is 18.1 Å². The number of hydrogen-bond donors (Lipinski definition) is 1. The van der Waals surface area contributed by atoms with Crippen LogP contribution in [0.4, 0.5) is 0 Å². The van der Waals surface area contributed by atoms with Crippen LogP contribution >= 0.6 is 0 Å². The molecule has 5 fully saturated rings. The van der Waals surface area contributed by atoms with Gasteiger partial charge < -0.3 is 19.3 Å². The molecule has 0 aromatic carbocycles. The van der Waals surface area contributed by atoms with E-state index in [2.05, 4.69) is 10.1 Å². The molecule has 2 heterocycles. The zero-order chi connectivity index (χ0) is 20.9. The maximum Gasteiger partial charge on any atom is 0.329 e. The van der Waals surface area contributed by atoms with Crippen molar-refractivity contribution in [1.82, 2.24) is 15.0 Å². The Kier molecular flexibility index (Phi) is 5.08. The summed E-state index contributed by atoms with van der Waals surface area (Å²) < 4.78 is 10.5. The predicted octanol–water partition coefficient (Wildman–Crippen LogP) is 2.24. The fourth-order valence-corrected chi connectivity index (χ4v) is 6.84. The van der Waals surface area contributed by atoms with Crippen LogP contribution in [0, 0.1) is 23.2 Å². The highest BCUT2D eigenvalue weighted by Gasteiger charge is 2.57. The van der Waals surface area contributed by atoms with Gasteiger partial charge in [0.25, 0.3) is 5.89 Å². The number of carbonyl (C=O) groups is 2. The van der Waals surface area contributed by atoms with Gasteiger partial charge in [-0.2, -0.15) is 4.98 Å². The molecule has 1 N–H and O–H groups in total. The largest absolute Gasteiger partial charge is 0.454 e. The number of amides is 1. The van der Waals surface area contributed by atoms with E-state index in [1.807, 2.05) is 6.92 Å². The SMILES string of the molecule is CCCc1noc(COC(=O)[C@@H]2CC(O)CN2C(=O)C23CC4CC(CC(C4)C2)C3)n1. The molecule has 4 aliphatic carbocycles. The molecule has 4 bridgehead atoms. The number of likely N-dealkylation sites (tertiary alicyclic amines) is 1. The van der Waals surface area contributed by atoms with Gasteiger partial charge in [0.15, 0.2) is 12.4 Å². The highest BCUT2D eigenvalue weighted by molar-refractivity contribution is 5.89. The molecule has 0 radical (unpaired) electrons. The molecule has 1 amide bonds. The van der Waals surface area contributed by atoms with Crippen molar-refractivity contribution in [2.24, 2.45) is 23.2 Å².